The van der Waals surface area contributed by atoms with Crippen molar-refractivity contribution in [2.75, 3.05) is 13.2 Å². The minimum Gasteiger partial charge on any atom is -0.509 e. The molecule has 43 heavy (non-hydrogen) atoms. The molecule has 4 N–H and O–H groups in total. The van der Waals surface area contributed by atoms with Crippen molar-refractivity contribution in [3.63, 3.8) is 0 Å². The fourth-order valence-corrected chi connectivity index (χ4v) is 6.83. The summed E-state index contributed by atoms with van der Waals surface area (Å²) < 4.78 is 24.3. The zero-order chi connectivity index (χ0) is 31.4. The molecule has 3 saturated heterocycles. The maximum Gasteiger partial charge on any atom is 0.264 e. The molecule has 2 bridgehead atoms. The Morgan fingerprint density at radius 1 is 1.21 bits per heavy atom. The summed E-state index contributed by atoms with van der Waals surface area (Å²) in [5.74, 6) is -3.93. The van der Waals surface area contributed by atoms with Crippen LogP contribution in [0.5, 0.6) is 0 Å². The Labute approximate surface area is 252 Å². The minimum absolute atomic E-state index is 0.0349. The second-order valence-electron chi connectivity index (χ2n) is 12.8. The van der Waals surface area contributed by atoms with E-state index in [1.807, 2.05) is 32.9 Å². The molecule has 236 valence electrons. The van der Waals surface area contributed by atoms with E-state index < -0.39 is 64.8 Å². The SMILES string of the molecule is CC(/C=C/C(=O)C1=C(O)C(C(C)C(=O)CN)N(C2CCC(O)C(C)O2)C1=O)=C\C(C)C1OC2(C)OC(C=CC23CO3)C1C. The molecule has 3 fully saturated rings. The van der Waals surface area contributed by atoms with Gasteiger partial charge in [0.05, 0.1) is 37.6 Å². The van der Waals surface area contributed by atoms with E-state index in [0.717, 1.165) is 5.57 Å². The zero-order valence-corrected chi connectivity index (χ0v) is 25.7. The molecular weight excluding hydrogens is 556 g/mol. The molecule has 5 heterocycles. The van der Waals surface area contributed by atoms with Crippen molar-refractivity contribution in [1.29, 1.82) is 0 Å². The van der Waals surface area contributed by atoms with Crippen molar-refractivity contribution in [2.45, 2.75) is 102 Å². The van der Waals surface area contributed by atoms with Gasteiger partial charge in [-0.25, -0.2) is 0 Å². The van der Waals surface area contributed by atoms with E-state index in [-0.39, 0.29) is 42.8 Å². The number of amides is 1. The molecule has 0 aromatic heterocycles. The van der Waals surface area contributed by atoms with Crippen molar-refractivity contribution in [1.82, 2.24) is 4.90 Å². The summed E-state index contributed by atoms with van der Waals surface area (Å²) in [6.07, 6.45) is 7.28. The molecule has 11 heteroatoms. The average Bonchev–Trinajstić information content (AvgIpc) is 3.71. The van der Waals surface area contributed by atoms with Crippen LogP contribution in [0.25, 0.3) is 0 Å². The third-order valence-corrected chi connectivity index (χ3v) is 9.73. The first-order chi connectivity index (χ1) is 20.2. The highest BCUT2D eigenvalue weighted by atomic mass is 16.8. The quantitative estimate of drug-likeness (QED) is 0.118. The Morgan fingerprint density at radius 3 is 2.53 bits per heavy atom. The number of rotatable bonds is 9. The standard InChI is InChI=1S/C32H44N2O9/c1-16(13-17(2)29-19(4)24-11-12-32(15-40-32)31(6,42-24)43-29)7-8-22(36)26-28(38)27(18(3)23(37)14-33)34(30(26)39)25-10-9-21(35)20(5)41-25/h7-8,11-13,17-21,24-25,27,29,35,38H,9-10,14-15,33H2,1-6H3/b8-7+,16-13+. The number of carbonyl (C=O) groups is 3. The van der Waals surface area contributed by atoms with Gasteiger partial charge in [-0.3, -0.25) is 14.4 Å². The van der Waals surface area contributed by atoms with Gasteiger partial charge in [0.15, 0.2) is 17.2 Å². The fraction of sp³-hybridized carbons (Fsp3) is 0.656. The van der Waals surface area contributed by atoms with E-state index in [9.17, 15) is 24.6 Å². The number of aliphatic hydroxyl groups excluding tert-OH is 2. The smallest absolute Gasteiger partial charge is 0.264 e. The first kappa shape index (κ1) is 31.7. The van der Waals surface area contributed by atoms with Gasteiger partial charge >= 0.3 is 0 Å². The lowest BCUT2D eigenvalue weighted by Gasteiger charge is -2.51. The molecule has 11 unspecified atom stereocenters. The Bertz CT molecular complexity index is 1280. The largest absolute Gasteiger partial charge is 0.509 e. The number of aliphatic hydroxyl groups is 2. The number of hydrogen-bond donors (Lipinski definition) is 3. The van der Waals surface area contributed by atoms with Crippen molar-refractivity contribution < 1.29 is 43.5 Å². The second kappa shape index (κ2) is 11.7. The number of hydrogen-bond acceptors (Lipinski definition) is 10. The highest BCUT2D eigenvalue weighted by molar-refractivity contribution is 6.25. The summed E-state index contributed by atoms with van der Waals surface area (Å²) in [4.78, 5) is 40.8. The molecule has 0 aliphatic carbocycles. The van der Waals surface area contributed by atoms with E-state index in [0.29, 0.717) is 13.0 Å². The molecule has 11 atom stereocenters. The van der Waals surface area contributed by atoms with Crippen molar-refractivity contribution in [3.8, 4) is 0 Å². The van der Waals surface area contributed by atoms with Crippen LogP contribution in [0, 0.1) is 17.8 Å². The minimum atomic E-state index is -1.10. The van der Waals surface area contributed by atoms with Crippen LogP contribution in [0.4, 0.5) is 0 Å². The van der Waals surface area contributed by atoms with Crippen LogP contribution < -0.4 is 5.73 Å². The van der Waals surface area contributed by atoms with Gasteiger partial charge in [0.2, 0.25) is 5.79 Å². The van der Waals surface area contributed by atoms with Crippen molar-refractivity contribution >= 4 is 17.5 Å². The molecule has 0 radical (unpaired) electrons. The van der Waals surface area contributed by atoms with Crippen LogP contribution in [0.15, 0.2) is 47.3 Å². The first-order valence-corrected chi connectivity index (χ1v) is 15.2. The number of nitrogens with two attached hydrogens (primary N) is 1. The summed E-state index contributed by atoms with van der Waals surface area (Å²) in [5.41, 5.74) is 5.42. The predicted octanol–water partition coefficient (Wildman–Crippen LogP) is 2.24. The number of epoxide rings is 1. The molecule has 0 aromatic carbocycles. The summed E-state index contributed by atoms with van der Waals surface area (Å²) in [6, 6.07) is -1.10. The van der Waals surface area contributed by atoms with E-state index in [1.54, 1.807) is 19.9 Å². The van der Waals surface area contributed by atoms with Gasteiger partial charge in [-0.05, 0) is 45.8 Å². The van der Waals surface area contributed by atoms with Gasteiger partial charge in [0.1, 0.15) is 23.6 Å². The van der Waals surface area contributed by atoms with E-state index >= 15 is 0 Å². The van der Waals surface area contributed by atoms with Crippen LogP contribution in [-0.2, 0) is 33.3 Å². The third kappa shape index (κ3) is 5.55. The molecule has 1 spiro atoms. The van der Waals surface area contributed by atoms with Gasteiger partial charge in [-0.2, -0.15) is 0 Å². The number of ketones is 2. The third-order valence-electron chi connectivity index (χ3n) is 9.73. The highest BCUT2D eigenvalue weighted by Gasteiger charge is 2.66. The van der Waals surface area contributed by atoms with E-state index in [2.05, 4.69) is 13.0 Å². The van der Waals surface area contributed by atoms with Gasteiger partial charge in [0, 0.05) is 17.8 Å². The Morgan fingerprint density at radius 2 is 1.91 bits per heavy atom. The van der Waals surface area contributed by atoms with Gasteiger partial charge in [-0.15, -0.1) is 0 Å². The molecule has 0 aromatic rings. The lowest BCUT2D eigenvalue weighted by Crippen LogP contribution is -2.61. The predicted molar refractivity (Wildman–Crippen MR) is 155 cm³/mol. The van der Waals surface area contributed by atoms with Crippen LogP contribution in [0.1, 0.15) is 54.4 Å². The molecule has 11 nitrogen and oxygen atoms in total. The summed E-state index contributed by atoms with van der Waals surface area (Å²) in [6.45, 7) is 11.4. The van der Waals surface area contributed by atoms with Crippen LogP contribution in [0.3, 0.4) is 0 Å². The number of allylic oxidation sites excluding steroid dienone is 3. The van der Waals surface area contributed by atoms with Crippen LogP contribution >= 0.6 is 0 Å². The topological polar surface area (TPSA) is 161 Å². The van der Waals surface area contributed by atoms with Crippen LogP contribution in [-0.4, -0.2) is 93.8 Å². The van der Waals surface area contributed by atoms with Gasteiger partial charge in [-0.1, -0.05) is 44.6 Å². The maximum absolute atomic E-state index is 13.6. The summed E-state index contributed by atoms with van der Waals surface area (Å²) in [5, 5.41) is 21.3. The Balaban J connectivity index is 1.33. The number of nitrogens with zero attached hydrogens (tertiary/aromatic N) is 1. The average molecular weight is 601 g/mol. The molecular formula is C32H44N2O9. The molecule has 5 rings (SSSR count). The molecule has 0 saturated carbocycles. The fourth-order valence-electron chi connectivity index (χ4n) is 6.83. The molecule has 1 amide bonds. The first-order valence-electron chi connectivity index (χ1n) is 15.2. The summed E-state index contributed by atoms with van der Waals surface area (Å²) in [7, 11) is 0. The Kier molecular flexibility index (Phi) is 8.62. The number of carbonyl (C=O) groups excluding carboxylic acids is 3. The van der Waals surface area contributed by atoms with Crippen LogP contribution in [0.2, 0.25) is 0 Å². The second-order valence-corrected chi connectivity index (χ2v) is 12.8. The monoisotopic (exact) mass is 600 g/mol. The van der Waals surface area contributed by atoms with Crippen molar-refractivity contribution in [2.24, 2.45) is 23.5 Å². The lowest BCUT2D eigenvalue weighted by atomic mass is 9.82. The van der Waals surface area contributed by atoms with E-state index in [4.69, 9.17) is 24.7 Å². The Hall–Kier alpha value is -2.67. The zero-order valence-electron chi connectivity index (χ0n) is 25.7. The highest BCUT2D eigenvalue weighted by Crippen LogP contribution is 2.52. The number of fused-ring (bicyclic) bond motifs is 3. The van der Waals surface area contributed by atoms with Crippen molar-refractivity contribution in [3.05, 3.63) is 47.3 Å². The maximum atomic E-state index is 13.6. The molecule has 5 aliphatic rings. The lowest BCUT2D eigenvalue weighted by molar-refractivity contribution is -0.346. The van der Waals surface area contributed by atoms with Gasteiger partial charge < -0.3 is 39.8 Å². The molecule has 5 aliphatic heterocycles. The van der Waals surface area contributed by atoms with Gasteiger partial charge in [0.25, 0.3) is 5.91 Å². The summed E-state index contributed by atoms with van der Waals surface area (Å²) >= 11 is 0. The van der Waals surface area contributed by atoms with E-state index in [1.165, 1.54) is 11.0 Å². The number of Topliss-reactive ketones (excluding diaryl/α,β-unsaturated/α-hetero) is 1. The normalized spacial score (nSPS) is 40.8. The number of ether oxygens (including phenoxy) is 4.